The van der Waals surface area contributed by atoms with Crippen molar-refractivity contribution in [1.82, 2.24) is 10.3 Å². The number of aromatic nitrogens is 1. The zero-order chi connectivity index (χ0) is 18.0. The lowest BCUT2D eigenvalue weighted by molar-refractivity contribution is -0.143. The molecule has 1 aromatic heterocycles. The van der Waals surface area contributed by atoms with Crippen molar-refractivity contribution >= 4 is 22.6 Å². The molecule has 25 heavy (non-hydrogen) atoms. The van der Waals surface area contributed by atoms with Gasteiger partial charge in [0.15, 0.2) is 5.75 Å². The number of carbonyl (C=O) groups excluding carboxylic acids is 1. The van der Waals surface area contributed by atoms with Gasteiger partial charge in [-0.25, -0.2) is 0 Å². The summed E-state index contributed by atoms with van der Waals surface area (Å²) in [6.07, 6.45) is 2.68. The van der Waals surface area contributed by atoms with Gasteiger partial charge >= 0.3 is 5.97 Å². The SMILES string of the molecule is O=C(NCC1CCC(C(=O)O)CC1)c1[nH]c(=O)c2ccccc2c1O. The van der Waals surface area contributed by atoms with Crippen molar-refractivity contribution in [1.29, 1.82) is 0 Å². The Bertz CT molecular complexity index is 865. The second-order valence-corrected chi connectivity index (χ2v) is 6.49. The van der Waals surface area contributed by atoms with Crippen molar-refractivity contribution in [3.63, 3.8) is 0 Å². The molecule has 1 heterocycles. The van der Waals surface area contributed by atoms with Gasteiger partial charge in [0.1, 0.15) is 5.69 Å². The first-order valence-corrected chi connectivity index (χ1v) is 8.32. The van der Waals surface area contributed by atoms with Gasteiger partial charge in [0.05, 0.1) is 11.3 Å². The minimum Gasteiger partial charge on any atom is -0.505 e. The standard InChI is InChI=1S/C18H20N2O5/c21-15-12-3-1-2-4-13(12)16(22)20-14(15)17(23)19-9-10-5-7-11(8-6-10)18(24)25/h1-4,10-11,21H,5-9H2,(H,19,23)(H,20,22)(H,24,25). The second kappa shape index (κ2) is 6.96. The van der Waals surface area contributed by atoms with Crippen molar-refractivity contribution in [2.24, 2.45) is 11.8 Å². The van der Waals surface area contributed by atoms with Crippen molar-refractivity contribution in [3.8, 4) is 5.75 Å². The third-order valence-electron chi connectivity index (χ3n) is 4.88. The minimum absolute atomic E-state index is 0.150. The van der Waals surface area contributed by atoms with Crippen LogP contribution in [0.15, 0.2) is 29.1 Å². The molecule has 1 saturated carbocycles. The van der Waals surface area contributed by atoms with Crippen LogP contribution in [0, 0.1) is 11.8 Å². The van der Waals surface area contributed by atoms with Crippen LogP contribution in [0.25, 0.3) is 10.8 Å². The Morgan fingerprint density at radius 2 is 1.76 bits per heavy atom. The van der Waals surface area contributed by atoms with Crippen LogP contribution in [0.5, 0.6) is 5.75 Å². The predicted octanol–water partition coefficient (Wildman–Crippen LogP) is 1.85. The molecule has 0 radical (unpaired) electrons. The van der Waals surface area contributed by atoms with E-state index in [0.717, 1.165) is 12.8 Å². The summed E-state index contributed by atoms with van der Waals surface area (Å²) in [5, 5.41) is 22.7. The largest absolute Gasteiger partial charge is 0.505 e. The average molecular weight is 344 g/mol. The number of hydrogen-bond donors (Lipinski definition) is 4. The number of carbonyl (C=O) groups is 2. The van der Waals surface area contributed by atoms with Crippen molar-refractivity contribution < 1.29 is 19.8 Å². The van der Waals surface area contributed by atoms with Gasteiger partial charge in [-0.3, -0.25) is 14.4 Å². The monoisotopic (exact) mass is 344 g/mol. The number of aliphatic carboxylic acids is 1. The smallest absolute Gasteiger partial charge is 0.306 e. The van der Waals surface area contributed by atoms with E-state index in [1.54, 1.807) is 24.3 Å². The summed E-state index contributed by atoms with van der Waals surface area (Å²) in [7, 11) is 0. The molecule has 0 unspecified atom stereocenters. The number of carboxylic acid groups (broad SMARTS) is 1. The Balaban J connectivity index is 1.68. The van der Waals surface area contributed by atoms with E-state index in [0.29, 0.717) is 30.2 Å². The number of benzene rings is 1. The van der Waals surface area contributed by atoms with Gasteiger partial charge in [-0.1, -0.05) is 18.2 Å². The van der Waals surface area contributed by atoms with Gasteiger partial charge in [-0.15, -0.1) is 0 Å². The fourth-order valence-electron chi connectivity index (χ4n) is 3.37. The molecule has 7 nitrogen and oxygen atoms in total. The molecule has 132 valence electrons. The number of rotatable bonds is 4. The zero-order valence-electron chi connectivity index (χ0n) is 13.6. The Labute approximate surface area is 143 Å². The van der Waals surface area contributed by atoms with Gasteiger partial charge in [-0.05, 0) is 37.7 Å². The molecule has 2 aromatic rings. The van der Waals surface area contributed by atoms with Crippen LogP contribution < -0.4 is 10.9 Å². The molecule has 1 aliphatic carbocycles. The molecule has 0 spiro atoms. The maximum absolute atomic E-state index is 12.3. The molecule has 4 N–H and O–H groups in total. The van der Waals surface area contributed by atoms with Gasteiger partial charge in [-0.2, -0.15) is 0 Å². The number of aromatic amines is 1. The molecule has 1 amide bonds. The summed E-state index contributed by atoms with van der Waals surface area (Å²) in [4.78, 5) is 37.8. The summed E-state index contributed by atoms with van der Waals surface area (Å²) < 4.78 is 0. The first kappa shape index (κ1) is 17.0. The van der Waals surface area contributed by atoms with Crippen LogP contribution >= 0.6 is 0 Å². The Morgan fingerprint density at radius 1 is 1.12 bits per heavy atom. The van der Waals surface area contributed by atoms with Crippen LogP contribution in [0.3, 0.4) is 0 Å². The topological polar surface area (TPSA) is 119 Å². The number of H-pyrrole nitrogens is 1. The number of nitrogens with one attached hydrogen (secondary N) is 2. The maximum Gasteiger partial charge on any atom is 0.306 e. The summed E-state index contributed by atoms with van der Waals surface area (Å²) in [5.74, 6) is -1.65. The Hall–Kier alpha value is -2.83. The van der Waals surface area contributed by atoms with E-state index < -0.39 is 17.4 Å². The molecule has 1 aromatic carbocycles. The van der Waals surface area contributed by atoms with Crippen LogP contribution in [-0.2, 0) is 4.79 Å². The minimum atomic E-state index is -0.763. The maximum atomic E-state index is 12.3. The molecule has 0 atom stereocenters. The van der Waals surface area contributed by atoms with E-state index in [9.17, 15) is 19.5 Å². The quantitative estimate of drug-likeness (QED) is 0.675. The lowest BCUT2D eigenvalue weighted by Crippen LogP contribution is -2.33. The fraction of sp³-hybridized carbons (Fsp3) is 0.389. The van der Waals surface area contributed by atoms with Gasteiger partial charge < -0.3 is 20.5 Å². The highest BCUT2D eigenvalue weighted by Crippen LogP contribution is 2.29. The molecule has 0 bridgehead atoms. The van der Waals surface area contributed by atoms with E-state index in [4.69, 9.17) is 5.11 Å². The highest BCUT2D eigenvalue weighted by atomic mass is 16.4. The Kier molecular flexibility index (Phi) is 4.74. The third kappa shape index (κ3) is 3.50. The molecule has 0 aliphatic heterocycles. The highest BCUT2D eigenvalue weighted by Gasteiger charge is 2.26. The van der Waals surface area contributed by atoms with Gasteiger partial charge in [0.25, 0.3) is 11.5 Å². The molecule has 7 heteroatoms. The molecule has 1 fully saturated rings. The molecule has 0 saturated heterocycles. The van der Waals surface area contributed by atoms with Crippen molar-refractivity contribution in [2.45, 2.75) is 25.7 Å². The second-order valence-electron chi connectivity index (χ2n) is 6.49. The third-order valence-corrected chi connectivity index (χ3v) is 4.88. The van der Waals surface area contributed by atoms with Crippen molar-refractivity contribution in [3.05, 3.63) is 40.3 Å². The lowest BCUT2D eigenvalue weighted by atomic mass is 9.82. The first-order valence-electron chi connectivity index (χ1n) is 8.32. The van der Waals surface area contributed by atoms with E-state index in [2.05, 4.69) is 10.3 Å². The van der Waals surface area contributed by atoms with Crippen molar-refractivity contribution in [2.75, 3.05) is 6.54 Å². The summed E-state index contributed by atoms with van der Waals surface area (Å²) in [6.45, 7) is 0.388. The van der Waals surface area contributed by atoms with E-state index in [1.807, 2.05) is 0 Å². The number of carboxylic acids is 1. The fourth-order valence-corrected chi connectivity index (χ4v) is 3.37. The van der Waals surface area contributed by atoms with Crippen LogP contribution in [0.4, 0.5) is 0 Å². The molecule has 1 aliphatic rings. The van der Waals surface area contributed by atoms with Crippen LogP contribution in [-0.4, -0.2) is 33.6 Å². The number of fused-ring (bicyclic) bond motifs is 1. The van der Waals surface area contributed by atoms with Gasteiger partial charge in [0.2, 0.25) is 0 Å². The van der Waals surface area contributed by atoms with Crippen LogP contribution in [0.1, 0.15) is 36.2 Å². The summed E-state index contributed by atoms with van der Waals surface area (Å²) in [6, 6.07) is 6.54. The Morgan fingerprint density at radius 3 is 2.40 bits per heavy atom. The lowest BCUT2D eigenvalue weighted by Gasteiger charge is -2.26. The number of amides is 1. The molecular weight excluding hydrogens is 324 g/mol. The summed E-state index contributed by atoms with van der Waals surface area (Å²) >= 11 is 0. The molecular formula is C18H20N2O5. The predicted molar refractivity (Wildman–Crippen MR) is 91.7 cm³/mol. The van der Waals surface area contributed by atoms with Gasteiger partial charge in [0, 0.05) is 11.9 Å². The van der Waals surface area contributed by atoms with E-state index >= 15 is 0 Å². The number of pyridine rings is 1. The average Bonchev–Trinajstić information content (AvgIpc) is 2.63. The highest BCUT2D eigenvalue weighted by molar-refractivity contribution is 6.01. The van der Waals surface area contributed by atoms with Crippen LogP contribution in [0.2, 0.25) is 0 Å². The molecule has 3 rings (SSSR count). The first-order chi connectivity index (χ1) is 12.0. The number of aromatic hydroxyl groups is 1. The summed E-state index contributed by atoms with van der Waals surface area (Å²) in [5.41, 5.74) is -0.580. The zero-order valence-corrected chi connectivity index (χ0v) is 13.6. The van der Waals surface area contributed by atoms with E-state index in [1.165, 1.54) is 0 Å². The number of hydrogen-bond acceptors (Lipinski definition) is 4. The van der Waals surface area contributed by atoms with E-state index in [-0.39, 0.29) is 23.3 Å². The normalized spacial score (nSPS) is 20.3.